The molecule has 0 aromatic heterocycles. The zero-order valence-electron chi connectivity index (χ0n) is 13.3. The second-order valence-electron chi connectivity index (χ2n) is 6.01. The third-order valence-corrected chi connectivity index (χ3v) is 4.41. The average Bonchev–Trinajstić information content (AvgIpc) is 2.91. The number of para-hydroxylation sites is 1. The minimum atomic E-state index is -2.98. The SMILES string of the molecule is COC(=O)[C@H](OC1C[C@H]2CC[C@@H](C1)O2)c1ccccc1OC(F)F. The number of rotatable bonds is 6. The molecule has 2 fully saturated rings. The molecule has 3 rings (SSSR count). The number of hydrogen-bond donors (Lipinski definition) is 0. The van der Waals surface area contributed by atoms with Crippen molar-refractivity contribution in [3.05, 3.63) is 29.8 Å². The molecule has 0 amide bonds. The highest BCUT2D eigenvalue weighted by Gasteiger charge is 2.38. The number of ether oxygens (including phenoxy) is 4. The molecule has 2 saturated heterocycles. The van der Waals surface area contributed by atoms with Crippen molar-refractivity contribution in [3.8, 4) is 5.75 Å². The summed E-state index contributed by atoms with van der Waals surface area (Å²) in [7, 11) is 1.24. The van der Waals surface area contributed by atoms with Gasteiger partial charge in [-0.2, -0.15) is 8.78 Å². The number of carbonyl (C=O) groups is 1. The Morgan fingerprint density at radius 3 is 2.50 bits per heavy atom. The lowest BCUT2D eigenvalue weighted by atomic mass is 10.0. The highest BCUT2D eigenvalue weighted by atomic mass is 19.3. The highest BCUT2D eigenvalue weighted by molar-refractivity contribution is 5.77. The smallest absolute Gasteiger partial charge is 0.387 e. The van der Waals surface area contributed by atoms with Crippen LogP contribution in [0.4, 0.5) is 8.78 Å². The van der Waals surface area contributed by atoms with Gasteiger partial charge in [0.25, 0.3) is 0 Å². The lowest BCUT2D eigenvalue weighted by Gasteiger charge is -2.31. The summed E-state index contributed by atoms with van der Waals surface area (Å²) in [5, 5.41) is 0. The maximum atomic E-state index is 12.6. The summed E-state index contributed by atoms with van der Waals surface area (Å²) in [6.45, 7) is -2.98. The molecule has 1 aromatic rings. The summed E-state index contributed by atoms with van der Waals surface area (Å²) in [4.78, 5) is 12.2. The minimum absolute atomic E-state index is 0.0852. The molecule has 4 atom stereocenters. The molecule has 0 aliphatic carbocycles. The Kier molecular flexibility index (Phi) is 5.30. The molecule has 2 aliphatic heterocycles. The quantitative estimate of drug-likeness (QED) is 0.743. The topological polar surface area (TPSA) is 54.0 Å². The Bertz CT molecular complexity index is 568. The van der Waals surface area contributed by atoms with E-state index >= 15 is 0 Å². The number of methoxy groups -OCH3 is 1. The predicted octanol–water partition coefficient (Wildman–Crippen LogP) is 3.23. The van der Waals surface area contributed by atoms with Crippen molar-refractivity contribution >= 4 is 5.97 Å². The van der Waals surface area contributed by atoms with Gasteiger partial charge in [0.15, 0.2) is 6.10 Å². The second-order valence-corrected chi connectivity index (χ2v) is 6.01. The van der Waals surface area contributed by atoms with Crippen molar-refractivity contribution < 1.29 is 32.5 Å². The van der Waals surface area contributed by atoms with Gasteiger partial charge in [0.2, 0.25) is 0 Å². The van der Waals surface area contributed by atoms with Crippen molar-refractivity contribution in [1.29, 1.82) is 0 Å². The van der Waals surface area contributed by atoms with Gasteiger partial charge in [-0.1, -0.05) is 18.2 Å². The van der Waals surface area contributed by atoms with Gasteiger partial charge in [-0.25, -0.2) is 4.79 Å². The summed E-state index contributed by atoms with van der Waals surface area (Å²) in [5.41, 5.74) is 0.239. The molecule has 5 nitrogen and oxygen atoms in total. The highest BCUT2D eigenvalue weighted by Crippen LogP contribution is 2.38. The van der Waals surface area contributed by atoms with E-state index in [1.807, 2.05) is 0 Å². The maximum Gasteiger partial charge on any atom is 0.387 e. The summed E-state index contributed by atoms with van der Waals surface area (Å²) >= 11 is 0. The average molecular weight is 342 g/mol. The summed E-state index contributed by atoms with van der Waals surface area (Å²) < 4.78 is 46.3. The van der Waals surface area contributed by atoms with E-state index in [1.165, 1.54) is 19.2 Å². The van der Waals surface area contributed by atoms with Crippen LogP contribution in [0.15, 0.2) is 24.3 Å². The maximum absolute atomic E-state index is 12.6. The molecule has 2 aliphatic rings. The van der Waals surface area contributed by atoms with E-state index in [4.69, 9.17) is 14.2 Å². The molecule has 2 heterocycles. The first kappa shape index (κ1) is 17.1. The van der Waals surface area contributed by atoms with E-state index in [-0.39, 0.29) is 29.6 Å². The van der Waals surface area contributed by atoms with Crippen LogP contribution in [0, 0.1) is 0 Å². The Morgan fingerprint density at radius 2 is 1.88 bits per heavy atom. The first-order valence-electron chi connectivity index (χ1n) is 7.99. The van der Waals surface area contributed by atoms with Gasteiger partial charge in [0, 0.05) is 5.56 Å². The van der Waals surface area contributed by atoms with Crippen LogP contribution >= 0.6 is 0 Å². The fourth-order valence-corrected chi connectivity index (χ4v) is 3.38. The standard InChI is InChI=1S/C17H20F2O5/c1-21-16(20)15(13-4-2-3-5-14(13)24-17(18)19)23-12-8-10-6-7-11(9-12)22-10/h2-5,10-12,15,17H,6-9H2,1H3/t10-,11+,12?,15-/m1/s1. The van der Waals surface area contributed by atoms with Crippen LogP contribution in [0.25, 0.3) is 0 Å². The number of fused-ring (bicyclic) bond motifs is 2. The monoisotopic (exact) mass is 342 g/mol. The number of hydrogen-bond acceptors (Lipinski definition) is 5. The molecule has 2 bridgehead atoms. The molecular weight excluding hydrogens is 322 g/mol. The molecule has 1 aromatic carbocycles. The van der Waals surface area contributed by atoms with E-state index < -0.39 is 18.7 Å². The number of carbonyl (C=O) groups excluding carboxylic acids is 1. The van der Waals surface area contributed by atoms with E-state index in [9.17, 15) is 13.6 Å². The van der Waals surface area contributed by atoms with Crippen LogP contribution in [-0.4, -0.2) is 38.0 Å². The van der Waals surface area contributed by atoms with E-state index in [2.05, 4.69) is 4.74 Å². The minimum Gasteiger partial charge on any atom is -0.467 e. The van der Waals surface area contributed by atoms with Crippen molar-refractivity contribution in [1.82, 2.24) is 0 Å². The van der Waals surface area contributed by atoms with Crippen molar-refractivity contribution in [3.63, 3.8) is 0 Å². The van der Waals surface area contributed by atoms with Crippen LogP contribution in [0.2, 0.25) is 0 Å². The van der Waals surface area contributed by atoms with Gasteiger partial charge in [0.05, 0.1) is 25.4 Å². The van der Waals surface area contributed by atoms with Gasteiger partial charge < -0.3 is 18.9 Å². The van der Waals surface area contributed by atoms with E-state index in [0.29, 0.717) is 12.8 Å². The molecule has 7 heteroatoms. The molecule has 0 spiro atoms. The largest absolute Gasteiger partial charge is 0.467 e. The molecule has 0 radical (unpaired) electrons. The summed E-state index contributed by atoms with van der Waals surface area (Å²) in [6.07, 6.45) is 2.33. The van der Waals surface area contributed by atoms with Crippen LogP contribution in [0.5, 0.6) is 5.75 Å². The van der Waals surface area contributed by atoms with Crippen LogP contribution < -0.4 is 4.74 Å². The zero-order chi connectivity index (χ0) is 17.1. The van der Waals surface area contributed by atoms with Gasteiger partial charge in [-0.15, -0.1) is 0 Å². The lowest BCUT2D eigenvalue weighted by molar-refractivity contribution is -0.166. The molecular formula is C17H20F2O5. The predicted molar refractivity (Wildman–Crippen MR) is 79.8 cm³/mol. The number of esters is 1. The Hall–Kier alpha value is -1.73. The van der Waals surface area contributed by atoms with Gasteiger partial charge in [0.1, 0.15) is 5.75 Å². The number of halogens is 2. The normalized spacial score (nSPS) is 27.1. The summed E-state index contributed by atoms with van der Waals surface area (Å²) in [6, 6.07) is 6.12. The zero-order valence-corrected chi connectivity index (χ0v) is 13.3. The Balaban J connectivity index is 1.80. The van der Waals surface area contributed by atoms with Crippen LogP contribution in [-0.2, 0) is 19.0 Å². The Labute approximate surface area is 138 Å². The molecule has 1 unspecified atom stereocenters. The molecule has 24 heavy (non-hydrogen) atoms. The third kappa shape index (κ3) is 3.84. The Morgan fingerprint density at radius 1 is 1.21 bits per heavy atom. The summed E-state index contributed by atoms with van der Waals surface area (Å²) in [5.74, 6) is -0.725. The van der Waals surface area contributed by atoms with Crippen molar-refractivity contribution in [2.24, 2.45) is 0 Å². The third-order valence-electron chi connectivity index (χ3n) is 4.41. The number of benzene rings is 1. The first-order chi connectivity index (χ1) is 11.6. The fourth-order valence-electron chi connectivity index (χ4n) is 3.38. The fraction of sp³-hybridized carbons (Fsp3) is 0.588. The van der Waals surface area contributed by atoms with Gasteiger partial charge >= 0.3 is 12.6 Å². The molecule has 0 N–H and O–H groups in total. The molecule has 132 valence electrons. The van der Waals surface area contributed by atoms with E-state index in [0.717, 1.165) is 12.8 Å². The lowest BCUT2D eigenvalue weighted by Crippen LogP contribution is -2.33. The van der Waals surface area contributed by atoms with Crippen LogP contribution in [0.3, 0.4) is 0 Å². The van der Waals surface area contributed by atoms with Crippen LogP contribution in [0.1, 0.15) is 37.4 Å². The molecule has 0 saturated carbocycles. The van der Waals surface area contributed by atoms with Crippen molar-refractivity contribution in [2.45, 2.75) is 56.7 Å². The van der Waals surface area contributed by atoms with Gasteiger partial charge in [-0.05, 0) is 31.7 Å². The van der Waals surface area contributed by atoms with Crippen molar-refractivity contribution in [2.75, 3.05) is 7.11 Å². The van der Waals surface area contributed by atoms with Gasteiger partial charge in [-0.3, -0.25) is 0 Å². The first-order valence-corrected chi connectivity index (χ1v) is 7.99. The second kappa shape index (κ2) is 7.44. The number of alkyl halides is 2. The van der Waals surface area contributed by atoms with E-state index in [1.54, 1.807) is 12.1 Å².